The highest BCUT2D eigenvalue weighted by atomic mass is 32.1. The van der Waals surface area contributed by atoms with Crippen molar-refractivity contribution in [1.29, 1.82) is 10.5 Å². The normalized spacial score (nSPS) is 11.0. The number of aromatic nitrogens is 1. The minimum atomic E-state index is -0.196. The predicted molar refractivity (Wildman–Crippen MR) is 82.9 cm³/mol. The van der Waals surface area contributed by atoms with Gasteiger partial charge in [-0.3, -0.25) is 4.79 Å². The molecule has 0 aliphatic heterocycles. The topological polar surface area (TPSA) is 69.6 Å². The molecule has 104 valence electrons. The average Bonchev–Trinajstić information content (AvgIpc) is 2.72. The maximum atomic E-state index is 12.2. The standard InChI is InChI=1S/C16H13N3OS/c1-10-4-5-12(11(2)6-10)7-14-15(20)19(3)16(21-14)13(8-17)9-18/h4-7H,1-3H3/b14-7-. The number of benzene rings is 1. The molecule has 5 heteroatoms. The molecule has 1 aromatic heterocycles. The van der Waals surface area contributed by atoms with Crippen LogP contribution in [0.15, 0.2) is 23.0 Å². The Bertz CT molecular complexity index is 949. The molecule has 0 saturated heterocycles. The minimum absolute atomic E-state index is 0.0418. The van der Waals surface area contributed by atoms with Gasteiger partial charge in [-0.25, -0.2) is 0 Å². The highest BCUT2D eigenvalue weighted by Crippen LogP contribution is 2.10. The molecular formula is C16H13N3OS. The van der Waals surface area contributed by atoms with Crippen LogP contribution in [-0.4, -0.2) is 4.57 Å². The lowest BCUT2D eigenvalue weighted by atomic mass is 10.1. The van der Waals surface area contributed by atoms with E-state index in [1.807, 2.05) is 44.2 Å². The Balaban J connectivity index is 2.79. The SMILES string of the molecule is Cc1ccc(/C=c2\sc(=C(C#N)C#N)n(C)c2=O)c(C)c1. The summed E-state index contributed by atoms with van der Waals surface area (Å²) in [5, 5.41) is 17.9. The van der Waals surface area contributed by atoms with Gasteiger partial charge in [0.1, 0.15) is 16.8 Å². The van der Waals surface area contributed by atoms with Crippen LogP contribution in [0.5, 0.6) is 0 Å². The second-order valence-electron chi connectivity index (χ2n) is 4.74. The van der Waals surface area contributed by atoms with Gasteiger partial charge in [-0.2, -0.15) is 10.5 Å². The lowest BCUT2D eigenvalue weighted by Crippen LogP contribution is -2.29. The lowest BCUT2D eigenvalue weighted by Gasteiger charge is -2.00. The molecule has 0 N–H and O–H groups in total. The minimum Gasteiger partial charge on any atom is -0.300 e. The van der Waals surface area contributed by atoms with E-state index >= 15 is 0 Å². The number of nitriles is 2. The van der Waals surface area contributed by atoms with E-state index in [4.69, 9.17) is 10.5 Å². The van der Waals surface area contributed by atoms with E-state index in [2.05, 4.69) is 0 Å². The van der Waals surface area contributed by atoms with Crippen LogP contribution in [0, 0.1) is 36.5 Å². The van der Waals surface area contributed by atoms with E-state index in [0.29, 0.717) is 9.20 Å². The maximum Gasteiger partial charge on any atom is 0.268 e. The molecule has 4 nitrogen and oxygen atoms in total. The van der Waals surface area contributed by atoms with E-state index in [1.54, 1.807) is 13.1 Å². The summed E-state index contributed by atoms with van der Waals surface area (Å²) in [6.07, 6.45) is 1.80. The molecule has 0 radical (unpaired) electrons. The van der Waals surface area contributed by atoms with E-state index in [-0.39, 0.29) is 11.1 Å². The predicted octanol–water partition coefficient (Wildman–Crippen LogP) is 1.09. The number of nitrogens with zero attached hydrogens (tertiary/aromatic N) is 3. The van der Waals surface area contributed by atoms with Crippen molar-refractivity contribution >= 4 is 23.0 Å². The summed E-state index contributed by atoms with van der Waals surface area (Å²) in [6, 6.07) is 9.64. The fourth-order valence-corrected chi connectivity index (χ4v) is 3.06. The fourth-order valence-electron chi connectivity index (χ4n) is 2.03. The van der Waals surface area contributed by atoms with Gasteiger partial charge in [-0.15, -0.1) is 11.3 Å². The third-order valence-electron chi connectivity index (χ3n) is 3.18. The molecule has 0 saturated carbocycles. The largest absolute Gasteiger partial charge is 0.300 e. The molecule has 0 atom stereocenters. The third kappa shape index (κ3) is 2.79. The number of hydrogen-bond donors (Lipinski definition) is 0. The van der Waals surface area contributed by atoms with Crippen molar-refractivity contribution in [2.75, 3.05) is 0 Å². The van der Waals surface area contributed by atoms with Crippen molar-refractivity contribution in [1.82, 2.24) is 4.57 Å². The molecule has 2 aromatic rings. The first-order valence-corrected chi connectivity index (χ1v) is 7.09. The van der Waals surface area contributed by atoms with Gasteiger partial charge in [-0.1, -0.05) is 23.8 Å². The van der Waals surface area contributed by atoms with E-state index in [0.717, 1.165) is 28.0 Å². The van der Waals surface area contributed by atoms with Crippen LogP contribution in [0.2, 0.25) is 0 Å². The van der Waals surface area contributed by atoms with Gasteiger partial charge in [0, 0.05) is 7.05 Å². The number of aryl methyl sites for hydroxylation is 2. The van der Waals surface area contributed by atoms with Gasteiger partial charge in [0.2, 0.25) is 0 Å². The van der Waals surface area contributed by atoms with Crippen LogP contribution in [0.25, 0.3) is 11.6 Å². The molecule has 0 aliphatic carbocycles. The molecule has 1 heterocycles. The Kier molecular flexibility index (Phi) is 4.07. The highest BCUT2D eigenvalue weighted by Gasteiger charge is 2.06. The highest BCUT2D eigenvalue weighted by molar-refractivity contribution is 7.07. The van der Waals surface area contributed by atoms with Crippen molar-refractivity contribution in [3.05, 3.63) is 54.4 Å². The average molecular weight is 295 g/mol. The third-order valence-corrected chi connectivity index (χ3v) is 4.36. The summed E-state index contributed by atoms with van der Waals surface area (Å²) in [5.41, 5.74) is 2.96. The first kappa shape index (κ1) is 14.8. The summed E-state index contributed by atoms with van der Waals surface area (Å²) in [6.45, 7) is 4.00. The first-order valence-electron chi connectivity index (χ1n) is 6.27. The van der Waals surface area contributed by atoms with Crippen LogP contribution < -0.4 is 14.8 Å². The monoisotopic (exact) mass is 295 g/mol. The van der Waals surface area contributed by atoms with Crippen molar-refractivity contribution < 1.29 is 0 Å². The molecule has 0 unspecified atom stereocenters. The van der Waals surface area contributed by atoms with Crippen LogP contribution in [0.1, 0.15) is 16.7 Å². The van der Waals surface area contributed by atoms with Gasteiger partial charge in [0.15, 0.2) is 5.57 Å². The van der Waals surface area contributed by atoms with Crippen LogP contribution >= 0.6 is 11.3 Å². The van der Waals surface area contributed by atoms with E-state index < -0.39 is 0 Å². The smallest absolute Gasteiger partial charge is 0.268 e. The molecule has 0 fully saturated rings. The Labute approximate surface area is 126 Å². The molecule has 0 bridgehead atoms. The molecule has 1 aromatic carbocycles. The van der Waals surface area contributed by atoms with Crippen molar-refractivity contribution in [2.24, 2.45) is 7.05 Å². The van der Waals surface area contributed by atoms with Gasteiger partial charge < -0.3 is 4.57 Å². The fraction of sp³-hybridized carbons (Fsp3) is 0.188. The van der Waals surface area contributed by atoms with Crippen molar-refractivity contribution in [2.45, 2.75) is 13.8 Å². The van der Waals surface area contributed by atoms with Gasteiger partial charge in [-0.05, 0) is 31.1 Å². The Morgan fingerprint density at radius 1 is 1.29 bits per heavy atom. The van der Waals surface area contributed by atoms with Gasteiger partial charge in [0.05, 0.1) is 4.53 Å². The molecule has 2 rings (SSSR count). The number of thiazole rings is 1. The summed E-state index contributed by atoms with van der Waals surface area (Å²) in [4.78, 5) is 12.2. The summed E-state index contributed by atoms with van der Waals surface area (Å²) in [7, 11) is 1.57. The zero-order chi connectivity index (χ0) is 15.6. The molecular weight excluding hydrogens is 282 g/mol. The number of rotatable bonds is 1. The zero-order valence-electron chi connectivity index (χ0n) is 12.0. The Morgan fingerprint density at radius 3 is 2.52 bits per heavy atom. The first-order chi connectivity index (χ1) is 9.97. The summed E-state index contributed by atoms with van der Waals surface area (Å²) < 4.78 is 2.25. The molecule has 0 spiro atoms. The van der Waals surface area contributed by atoms with Gasteiger partial charge >= 0.3 is 0 Å². The van der Waals surface area contributed by atoms with E-state index in [9.17, 15) is 4.79 Å². The summed E-state index contributed by atoms with van der Waals surface area (Å²) in [5.74, 6) is 0. The quantitative estimate of drug-likeness (QED) is 0.791. The second kappa shape index (κ2) is 5.78. The maximum absolute atomic E-state index is 12.2. The van der Waals surface area contributed by atoms with Crippen LogP contribution in [0.4, 0.5) is 0 Å². The van der Waals surface area contributed by atoms with Crippen LogP contribution in [-0.2, 0) is 7.05 Å². The second-order valence-corrected chi connectivity index (χ2v) is 5.77. The van der Waals surface area contributed by atoms with E-state index in [1.165, 1.54) is 4.57 Å². The van der Waals surface area contributed by atoms with Crippen molar-refractivity contribution in [3.63, 3.8) is 0 Å². The zero-order valence-corrected chi connectivity index (χ0v) is 12.8. The summed E-state index contributed by atoms with van der Waals surface area (Å²) >= 11 is 1.16. The van der Waals surface area contributed by atoms with Crippen LogP contribution in [0.3, 0.4) is 0 Å². The molecule has 0 amide bonds. The molecule has 0 aliphatic rings. The Hall–Kier alpha value is -2.63. The Morgan fingerprint density at radius 2 is 1.95 bits per heavy atom. The van der Waals surface area contributed by atoms with Crippen molar-refractivity contribution in [3.8, 4) is 12.1 Å². The lowest BCUT2D eigenvalue weighted by molar-refractivity contribution is 0.855. The number of hydrogen-bond acceptors (Lipinski definition) is 4. The van der Waals surface area contributed by atoms with Gasteiger partial charge in [0.25, 0.3) is 5.56 Å². The molecule has 21 heavy (non-hydrogen) atoms.